The molecule has 9 heteroatoms. The quantitative estimate of drug-likeness (QED) is 0.766. The van der Waals surface area contributed by atoms with Crippen molar-refractivity contribution in [2.75, 3.05) is 46.0 Å². The van der Waals surface area contributed by atoms with Gasteiger partial charge in [-0.15, -0.1) is 0 Å². The number of aliphatic hydroxyl groups is 1. The number of hydrogen-bond acceptors (Lipinski definition) is 6. The summed E-state index contributed by atoms with van der Waals surface area (Å²) in [6.45, 7) is 4.26. The van der Waals surface area contributed by atoms with Gasteiger partial charge in [0.1, 0.15) is 19.0 Å². The summed E-state index contributed by atoms with van der Waals surface area (Å²) in [6.07, 6.45) is 2.31. The van der Waals surface area contributed by atoms with E-state index in [9.17, 15) is 14.7 Å². The first kappa shape index (κ1) is 19.4. The molecule has 3 fully saturated rings. The molecular formula is C21H28N4O5. The van der Waals surface area contributed by atoms with Gasteiger partial charge in [-0.1, -0.05) is 0 Å². The Bertz CT molecular complexity index is 920. The number of nitrogens with zero attached hydrogens (tertiary/aromatic N) is 4. The number of aliphatic hydroxyl groups excluding tert-OH is 1. The van der Waals surface area contributed by atoms with Crippen LogP contribution in [0.25, 0.3) is 0 Å². The van der Waals surface area contributed by atoms with Crippen molar-refractivity contribution >= 4 is 11.8 Å². The van der Waals surface area contributed by atoms with Gasteiger partial charge in [0.05, 0.1) is 6.61 Å². The monoisotopic (exact) mass is 416 g/mol. The van der Waals surface area contributed by atoms with Crippen LogP contribution in [0.15, 0.2) is 17.6 Å². The maximum absolute atomic E-state index is 13.1. The molecule has 1 aliphatic carbocycles. The Morgan fingerprint density at radius 1 is 1.17 bits per heavy atom. The molecule has 1 N–H and O–H groups in total. The molecule has 5 rings (SSSR count). The summed E-state index contributed by atoms with van der Waals surface area (Å²) in [6, 6.07) is 1.91. The Balaban J connectivity index is 1.30. The van der Waals surface area contributed by atoms with Gasteiger partial charge >= 0.3 is 0 Å². The molecule has 0 spiro atoms. The van der Waals surface area contributed by atoms with Crippen molar-refractivity contribution in [2.24, 2.45) is 18.4 Å². The molecule has 1 aromatic heterocycles. The van der Waals surface area contributed by atoms with Gasteiger partial charge in [0, 0.05) is 56.2 Å². The van der Waals surface area contributed by atoms with Crippen LogP contribution in [-0.2, 0) is 21.3 Å². The van der Waals surface area contributed by atoms with Gasteiger partial charge in [-0.25, -0.2) is 0 Å². The lowest BCUT2D eigenvalue weighted by Gasteiger charge is -2.28. The van der Waals surface area contributed by atoms with Crippen molar-refractivity contribution < 1.29 is 24.2 Å². The molecular weight excluding hydrogens is 388 g/mol. The lowest BCUT2D eigenvalue weighted by atomic mass is 9.82. The fourth-order valence-corrected chi connectivity index (χ4v) is 5.08. The molecule has 2 amide bonds. The Kier molecular flexibility index (Phi) is 4.53. The summed E-state index contributed by atoms with van der Waals surface area (Å²) < 4.78 is 12.8. The van der Waals surface area contributed by atoms with Gasteiger partial charge in [-0.2, -0.15) is 5.10 Å². The minimum Gasteiger partial charge on any atom is -0.491 e. The average Bonchev–Trinajstić information content (AvgIpc) is 3.26. The molecule has 0 bridgehead atoms. The van der Waals surface area contributed by atoms with Crippen LogP contribution in [0.2, 0.25) is 0 Å². The zero-order valence-electron chi connectivity index (χ0n) is 17.5. The smallest absolute Gasteiger partial charge is 0.292 e. The first-order valence-electron chi connectivity index (χ1n) is 10.6. The molecule has 4 heterocycles. The van der Waals surface area contributed by atoms with Crippen molar-refractivity contribution in [3.05, 3.63) is 29.0 Å². The van der Waals surface area contributed by atoms with Gasteiger partial charge in [-0.3, -0.25) is 14.3 Å². The van der Waals surface area contributed by atoms with Crippen LogP contribution in [0.1, 0.15) is 41.9 Å². The summed E-state index contributed by atoms with van der Waals surface area (Å²) in [5.74, 6) is 0.996. The second kappa shape index (κ2) is 7.01. The van der Waals surface area contributed by atoms with Crippen molar-refractivity contribution in [1.82, 2.24) is 19.6 Å². The molecule has 2 atom stereocenters. The lowest BCUT2D eigenvalue weighted by molar-refractivity contribution is -0.132. The number of carbonyl (C=O) groups excluding carboxylic acids is 2. The number of amides is 2. The Hall–Kier alpha value is -2.55. The van der Waals surface area contributed by atoms with E-state index in [1.807, 2.05) is 17.8 Å². The molecule has 30 heavy (non-hydrogen) atoms. The van der Waals surface area contributed by atoms with Crippen molar-refractivity contribution in [3.63, 3.8) is 0 Å². The third kappa shape index (κ3) is 3.07. The lowest BCUT2D eigenvalue weighted by Crippen LogP contribution is -2.41. The highest BCUT2D eigenvalue weighted by Crippen LogP contribution is 2.44. The van der Waals surface area contributed by atoms with Crippen LogP contribution < -0.4 is 0 Å². The molecule has 4 aliphatic rings. The second-order valence-electron chi connectivity index (χ2n) is 9.02. The number of hydrogen-bond donors (Lipinski definition) is 1. The number of rotatable bonds is 4. The SMILES string of the molecule is CC1=C(C(=O)N2C[C@H]3CN(C(=O)c4cc(C5CC5)n(C)n4)C[C@@]3(CO)C2)OCCO1. The first-order valence-corrected chi connectivity index (χ1v) is 10.6. The summed E-state index contributed by atoms with van der Waals surface area (Å²) in [7, 11) is 1.88. The van der Waals surface area contributed by atoms with Crippen LogP contribution in [0.5, 0.6) is 0 Å². The van der Waals surface area contributed by atoms with Crippen LogP contribution in [0, 0.1) is 11.3 Å². The van der Waals surface area contributed by atoms with Crippen molar-refractivity contribution in [2.45, 2.75) is 25.7 Å². The molecule has 1 aromatic rings. The maximum atomic E-state index is 13.1. The zero-order valence-corrected chi connectivity index (χ0v) is 17.5. The zero-order chi connectivity index (χ0) is 21.0. The second-order valence-corrected chi connectivity index (χ2v) is 9.02. The highest BCUT2D eigenvalue weighted by atomic mass is 16.6. The Morgan fingerprint density at radius 2 is 1.83 bits per heavy atom. The number of likely N-dealkylation sites (tertiary alicyclic amines) is 2. The van der Waals surface area contributed by atoms with Crippen LogP contribution in [-0.4, -0.2) is 82.5 Å². The van der Waals surface area contributed by atoms with E-state index in [0.717, 1.165) is 18.5 Å². The summed E-state index contributed by atoms with van der Waals surface area (Å²) in [5.41, 5.74) is 1.07. The van der Waals surface area contributed by atoms with Gasteiger partial charge in [0.15, 0.2) is 5.69 Å². The maximum Gasteiger partial charge on any atom is 0.292 e. The van der Waals surface area contributed by atoms with Crippen LogP contribution >= 0.6 is 0 Å². The predicted octanol–water partition coefficient (Wildman–Crippen LogP) is 0.469. The number of fused-ring (bicyclic) bond motifs is 1. The Morgan fingerprint density at radius 3 is 2.43 bits per heavy atom. The van der Waals surface area contributed by atoms with Crippen LogP contribution in [0.4, 0.5) is 0 Å². The number of allylic oxidation sites excluding steroid dienone is 1. The van der Waals surface area contributed by atoms with E-state index < -0.39 is 5.41 Å². The third-order valence-corrected chi connectivity index (χ3v) is 6.94. The van der Waals surface area contributed by atoms with E-state index in [1.165, 1.54) is 0 Å². The normalized spacial score (nSPS) is 28.4. The van der Waals surface area contributed by atoms with Gasteiger partial charge in [-0.05, 0) is 25.8 Å². The number of carbonyl (C=O) groups is 2. The van der Waals surface area contributed by atoms with E-state index in [2.05, 4.69) is 5.10 Å². The van der Waals surface area contributed by atoms with E-state index in [1.54, 1.807) is 16.7 Å². The summed E-state index contributed by atoms with van der Waals surface area (Å²) >= 11 is 0. The average molecular weight is 416 g/mol. The largest absolute Gasteiger partial charge is 0.491 e. The highest BCUT2D eigenvalue weighted by molar-refractivity contribution is 5.93. The number of aryl methyl sites for hydroxylation is 1. The molecule has 0 radical (unpaired) electrons. The van der Waals surface area contributed by atoms with Crippen LogP contribution in [0.3, 0.4) is 0 Å². The summed E-state index contributed by atoms with van der Waals surface area (Å²) in [5, 5.41) is 14.7. The fourth-order valence-electron chi connectivity index (χ4n) is 5.08. The van der Waals surface area contributed by atoms with E-state index in [-0.39, 0.29) is 30.1 Å². The minimum absolute atomic E-state index is 0.0208. The molecule has 3 aliphatic heterocycles. The minimum atomic E-state index is -0.511. The molecule has 1 saturated carbocycles. The molecule has 0 unspecified atom stereocenters. The fraction of sp³-hybridized carbons (Fsp3) is 0.667. The van der Waals surface area contributed by atoms with Gasteiger partial charge in [0.25, 0.3) is 11.8 Å². The van der Waals surface area contributed by atoms with Gasteiger partial charge in [0.2, 0.25) is 5.76 Å². The van der Waals surface area contributed by atoms with Crippen molar-refractivity contribution in [3.8, 4) is 0 Å². The molecule has 9 nitrogen and oxygen atoms in total. The molecule has 2 saturated heterocycles. The highest BCUT2D eigenvalue weighted by Gasteiger charge is 2.55. The standard InChI is InChI=1S/C21H28N4O5/c1-13-18(30-6-5-29-13)20(28)25-9-15-8-24(10-21(15,11-25)12-26)19(27)16-7-17(14-3-4-14)23(2)22-16/h7,14-15,26H,3-6,8-12H2,1-2H3/t15-,21+/m1/s1. The van der Waals surface area contributed by atoms with Gasteiger partial charge < -0.3 is 24.4 Å². The molecule has 0 aromatic carbocycles. The predicted molar refractivity (Wildman–Crippen MR) is 105 cm³/mol. The number of ether oxygens (including phenoxy) is 2. The van der Waals surface area contributed by atoms with E-state index >= 15 is 0 Å². The first-order chi connectivity index (χ1) is 14.4. The topological polar surface area (TPSA) is 97.1 Å². The van der Waals surface area contributed by atoms with E-state index in [0.29, 0.717) is 56.8 Å². The number of aromatic nitrogens is 2. The Labute approximate surface area is 175 Å². The van der Waals surface area contributed by atoms with Crippen molar-refractivity contribution in [1.29, 1.82) is 0 Å². The third-order valence-electron chi connectivity index (χ3n) is 6.94. The van der Waals surface area contributed by atoms with E-state index in [4.69, 9.17) is 9.47 Å². The summed E-state index contributed by atoms with van der Waals surface area (Å²) in [4.78, 5) is 29.5. The molecule has 162 valence electrons.